The molecular formula is C23H27N3O4S. The van der Waals surface area contributed by atoms with Crippen molar-refractivity contribution in [2.75, 3.05) is 11.0 Å². The summed E-state index contributed by atoms with van der Waals surface area (Å²) in [5.41, 5.74) is 3.58. The molecule has 7 nitrogen and oxygen atoms in total. The van der Waals surface area contributed by atoms with Gasteiger partial charge in [-0.3, -0.25) is 9.52 Å². The van der Waals surface area contributed by atoms with Gasteiger partial charge in [-0.05, 0) is 54.3 Å². The first kappa shape index (κ1) is 22.6. The second-order valence-corrected chi connectivity index (χ2v) is 10.4. The van der Waals surface area contributed by atoms with Crippen molar-refractivity contribution >= 4 is 27.8 Å². The maximum atomic E-state index is 12.3. The number of amides is 1. The van der Waals surface area contributed by atoms with Crippen LogP contribution in [0.5, 0.6) is 0 Å². The fourth-order valence-corrected chi connectivity index (χ4v) is 3.80. The van der Waals surface area contributed by atoms with Crippen LogP contribution in [0.2, 0.25) is 0 Å². The van der Waals surface area contributed by atoms with E-state index in [0.717, 1.165) is 23.1 Å². The Morgan fingerprint density at radius 3 is 2.39 bits per heavy atom. The average Bonchev–Trinajstić information content (AvgIpc) is 2.67. The molecule has 31 heavy (non-hydrogen) atoms. The van der Waals surface area contributed by atoms with Crippen LogP contribution < -0.4 is 10.0 Å². The van der Waals surface area contributed by atoms with E-state index >= 15 is 0 Å². The van der Waals surface area contributed by atoms with Gasteiger partial charge in [-0.15, -0.1) is 0 Å². The van der Waals surface area contributed by atoms with E-state index in [2.05, 4.69) is 35.8 Å². The first-order valence-corrected chi connectivity index (χ1v) is 11.8. The maximum absolute atomic E-state index is 12.3. The minimum absolute atomic E-state index is 0.0356. The zero-order valence-electron chi connectivity index (χ0n) is 18.1. The summed E-state index contributed by atoms with van der Waals surface area (Å²) in [5, 5.41) is 14.2. The Bertz CT molecular complexity index is 1150. The lowest BCUT2D eigenvalue weighted by molar-refractivity contribution is -0.114. The SMILES string of the molecule is CC(C)(C)C1=CC(CCc2ccc(NS(C)(=O)=O)cc2)=C(O)C(=C2C=CC=NC2=O)N1. The van der Waals surface area contributed by atoms with E-state index in [9.17, 15) is 18.3 Å². The Balaban J connectivity index is 1.88. The van der Waals surface area contributed by atoms with Gasteiger partial charge in [0.1, 0.15) is 5.76 Å². The number of rotatable bonds is 5. The van der Waals surface area contributed by atoms with E-state index in [1.807, 2.05) is 18.2 Å². The third-order valence-electron chi connectivity index (χ3n) is 4.91. The fraction of sp³-hybridized carbons (Fsp3) is 0.304. The third-order valence-corrected chi connectivity index (χ3v) is 5.51. The average molecular weight is 442 g/mol. The van der Waals surface area contributed by atoms with Crippen molar-refractivity contribution in [1.82, 2.24) is 5.32 Å². The van der Waals surface area contributed by atoms with Crippen molar-refractivity contribution in [1.29, 1.82) is 0 Å². The Labute approximate surface area is 183 Å². The number of dihydropyridines is 2. The summed E-state index contributed by atoms with van der Waals surface area (Å²) < 4.78 is 25.1. The highest BCUT2D eigenvalue weighted by Gasteiger charge is 2.28. The molecule has 0 saturated heterocycles. The van der Waals surface area contributed by atoms with Gasteiger partial charge in [-0.1, -0.05) is 32.9 Å². The van der Waals surface area contributed by atoms with E-state index in [1.54, 1.807) is 24.3 Å². The minimum atomic E-state index is -3.32. The summed E-state index contributed by atoms with van der Waals surface area (Å²) in [7, 11) is -3.32. The van der Waals surface area contributed by atoms with E-state index in [0.29, 0.717) is 29.8 Å². The minimum Gasteiger partial charge on any atom is -0.505 e. The molecule has 0 atom stereocenters. The Hall–Kier alpha value is -3.13. The number of aryl methyl sites for hydroxylation is 1. The van der Waals surface area contributed by atoms with E-state index < -0.39 is 15.9 Å². The highest BCUT2D eigenvalue weighted by molar-refractivity contribution is 7.92. The van der Waals surface area contributed by atoms with Gasteiger partial charge in [0.15, 0.2) is 0 Å². The monoisotopic (exact) mass is 441 g/mol. The standard InChI is InChI=1S/C23H27N3O4S/c1-23(2,3)19-14-16(21(27)20(25-19)18-6-5-13-24-22(18)28)10-7-15-8-11-17(12-9-15)26-31(4,29)30/h5-6,8-9,11-14,25-27H,7,10H2,1-4H3. The number of anilines is 1. The Kier molecular flexibility index (Phi) is 6.22. The molecular weight excluding hydrogens is 414 g/mol. The number of aliphatic hydroxyl groups is 1. The van der Waals surface area contributed by atoms with E-state index in [4.69, 9.17) is 0 Å². The molecule has 0 saturated carbocycles. The van der Waals surface area contributed by atoms with Crippen LogP contribution in [0.15, 0.2) is 75.8 Å². The molecule has 2 aliphatic rings. The summed E-state index contributed by atoms with van der Waals surface area (Å²) in [4.78, 5) is 16.1. The molecule has 1 amide bonds. The summed E-state index contributed by atoms with van der Waals surface area (Å²) in [6.07, 6.45) is 8.96. The quantitative estimate of drug-likeness (QED) is 0.603. The number of nitrogens with one attached hydrogen (secondary N) is 2. The lowest BCUT2D eigenvalue weighted by atomic mass is 9.86. The molecule has 2 aliphatic heterocycles. The van der Waals surface area contributed by atoms with E-state index in [1.165, 1.54) is 6.21 Å². The molecule has 0 fully saturated rings. The van der Waals surface area contributed by atoms with Gasteiger partial charge < -0.3 is 10.4 Å². The smallest absolute Gasteiger partial charge is 0.279 e. The van der Waals surface area contributed by atoms with Gasteiger partial charge in [0.05, 0.1) is 17.5 Å². The molecule has 0 spiro atoms. The zero-order chi connectivity index (χ0) is 22.8. The Morgan fingerprint density at radius 2 is 1.81 bits per heavy atom. The first-order valence-electron chi connectivity index (χ1n) is 9.92. The van der Waals surface area contributed by atoms with Crippen LogP contribution in [0.4, 0.5) is 5.69 Å². The van der Waals surface area contributed by atoms with Crippen molar-refractivity contribution in [2.24, 2.45) is 10.4 Å². The lowest BCUT2D eigenvalue weighted by Crippen LogP contribution is -2.30. The molecule has 3 N–H and O–H groups in total. The number of aliphatic hydroxyl groups excluding tert-OH is 1. The van der Waals surface area contributed by atoms with Gasteiger partial charge in [-0.25, -0.2) is 13.4 Å². The molecule has 1 aromatic carbocycles. The topological polar surface area (TPSA) is 108 Å². The third kappa shape index (κ3) is 5.73. The molecule has 0 aliphatic carbocycles. The van der Waals surface area contributed by atoms with Crippen molar-refractivity contribution in [2.45, 2.75) is 33.6 Å². The molecule has 1 aromatic rings. The first-order chi connectivity index (χ1) is 14.4. The van der Waals surface area contributed by atoms with Crippen molar-refractivity contribution in [3.8, 4) is 0 Å². The van der Waals surface area contributed by atoms with Crippen LogP contribution >= 0.6 is 0 Å². The lowest BCUT2D eigenvalue weighted by Gasteiger charge is -2.31. The van der Waals surface area contributed by atoms with Gasteiger partial charge >= 0.3 is 0 Å². The maximum Gasteiger partial charge on any atom is 0.279 e. The Morgan fingerprint density at radius 1 is 1.13 bits per heavy atom. The molecule has 8 heteroatoms. The summed E-state index contributed by atoms with van der Waals surface area (Å²) in [6.45, 7) is 6.16. The number of hydrogen-bond donors (Lipinski definition) is 3. The predicted octanol–water partition coefficient (Wildman–Crippen LogP) is 3.76. The molecule has 0 radical (unpaired) electrons. The summed E-state index contributed by atoms with van der Waals surface area (Å²) in [6, 6.07) is 7.12. The molecule has 3 rings (SSSR count). The number of carbonyl (C=O) groups excluding carboxylic acids is 1. The zero-order valence-corrected chi connectivity index (χ0v) is 18.9. The summed E-state index contributed by atoms with van der Waals surface area (Å²) in [5.74, 6) is -0.367. The van der Waals surface area contributed by atoms with Crippen LogP contribution in [-0.2, 0) is 21.2 Å². The molecule has 0 aromatic heterocycles. The summed E-state index contributed by atoms with van der Waals surface area (Å²) >= 11 is 0. The highest BCUT2D eigenvalue weighted by Crippen LogP contribution is 2.34. The second-order valence-electron chi connectivity index (χ2n) is 8.61. The predicted molar refractivity (Wildman–Crippen MR) is 123 cm³/mol. The van der Waals surface area contributed by atoms with Gasteiger partial charge in [0.2, 0.25) is 10.0 Å². The van der Waals surface area contributed by atoms with Crippen molar-refractivity contribution < 1.29 is 18.3 Å². The van der Waals surface area contributed by atoms with Crippen molar-refractivity contribution in [3.05, 3.63) is 76.4 Å². The largest absolute Gasteiger partial charge is 0.505 e. The number of benzene rings is 1. The number of allylic oxidation sites excluding steroid dienone is 4. The number of sulfonamides is 1. The van der Waals surface area contributed by atoms with Crippen LogP contribution in [0.1, 0.15) is 32.8 Å². The van der Waals surface area contributed by atoms with Gasteiger partial charge in [-0.2, -0.15) is 0 Å². The molecule has 164 valence electrons. The highest BCUT2D eigenvalue weighted by atomic mass is 32.2. The van der Waals surface area contributed by atoms with E-state index in [-0.39, 0.29) is 11.2 Å². The van der Waals surface area contributed by atoms with Crippen LogP contribution in [0.25, 0.3) is 0 Å². The fourth-order valence-electron chi connectivity index (χ4n) is 3.24. The number of aliphatic imine (C=N–C) groups is 1. The molecule has 0 unspecified atom stereocenters. The van der Waals surface area contributed by atoms with Crippen LogP contribution in [0.3, 0.4) is 0 Å². The van der Waals surface area contributed by atoms with Crippen LogP contribution in [-0.4, -0.2) is 31.9 Å². The molecule has 2 heterocycles. The van der Waals surface area contributed by atoms with Crippen LogP contribution in [0, 0.1) is 5.41 Å². The molecule has 0 bridgehead atoms. The number of carbonyl (C=O) groups is 1. The normalized spacial score (nSPS) is 19.4. The number of hydrogen-bond acceptors (Lipinski definition) is 5. The van der Waals surface area contributed by atoms with Gasteiger partial charge in [0, 0.05) is 23.0 Å². The number of nitrogens with zero attached hydrogens (tertiary/aromatic N) is 1. The second kappa shape index (κ2) is 8.55. The van der Waals surface area contributed by atoms with Crippen molar-refractivity contribution in [3.63, 3.8) is 0 Å². The van der Waals surface area contributed by atoms with Gasteiger partial charge in [0.25, 0.3) is 5.91 Å².